The number of carbonyl (C=O) groups excluding carboxylic acids is 3. The molecule has 0 radical (unpaired) electrons. The fourth-order valence-electron chi connectivity index (χ4n) is 2.87. The molecule has 2 aromatic carbocycles. The Labute approximate surface area is 146 Å². The van der Waals surface area contributed by atoms with Crippen molar-refractivity contribution in [1.29, 1.82) is 0 Å². The predicted molar refractivity (Wildman–Crippen MR) is 93.4 cm³/mol. The first-order valence-corrected chi connectivity index (χ1v) is 8.16. The van der Waals surface area contributed by atoms with Crippen molar-refractivity contribution in [3.05, 3.63) is 65.7 Å². The molecule has 1 heterocycles. The highest BCUT2D eigenvalue weighted by Crippen LogP contribution is 2.26. The molecule has 5 heteroatoms. The lowest BCUT2D eigenvalue weighted by atomic mass is 10.1. The van der Waals surface area contributed by atoms with Crippen LogP contribution >= 0.6 is 0 Å². The Hall–Kier alpha value is -2.95. The van der Waals surface area contributed by atoms with Crippen molar-refractivity contribution in [2.45, 2.75) is 13.3 Å². The zero-order valence-electron chi connectivity index (χ0n) is 14.0. The van der Waals surface area contributed by atoms with Gasteiger partial charge in [-0.25, -0.2) is 0 Å². The van der Waals surface area contributed by atoms with E-state index < -0.39 is 11.9 Å². The number of amides is 1. The summed E-state index contributed by atoms with van der Waals surface area (Å²) in [5, 5.41) is 0. The fraction of sp³-hybridized carbons (Fsp3) is 0.250. The number of anilines is 1. The quantitative estimate of drug-likeness (QED) is 0.622. The molecule has 1 atom stereocenters. The molecule has 0 spiro atoms. The van der Waals surface area contributed by atoms with Gasteiger partial charge in [-0.05, 0) is 24.6 Å². The lowest BCUT2D eigenvalue weighted by Gasteiger charge is -2.17. The Morgan fingerprint density at radius 2 is 1.88 bits per heavy atom. The molecule has 0 N–H and O–H groups in total. The summed E-state index contributed by atoms with van der Waals surface area (Å²) in [5.74, 6) is -1.42. The van der Waals surface area contributed by atoms with E-state index in [2.05, 4.69) is 0 Å². The van der Waals surface area contributed by atoms with Crippen LogP contribution < -0.4 is 4.90 Å². The van der Waals surface area contributed by atoms with Gasteiger partial charge in [0.25, 0.3) is 0 Å². The predicted octanol–water partition coefficient (Wildman–Crippen LogP) is 2.77. The van der Waals surface area contributed by atoms with E-state index in [-0.39, 0.29) is 31.3 Å². The molecule has 1 aliphatic heterocycles. The zero-order valence-corrected chi connectivity index (χ0v) is 14.0. The lowest BCUT2D eigenvalue weighted by Crippen LogP contribution is -2.27. The molecule has 0 aliphatic carbocycles. The Kier molecular flexibility index (Phi) is 4.93. The highest BCUT2D eigenvalue weighted by molar-refractivity contribution is 6.01. The van der Waals surface area contributed by atoms with E-state index in [0.717, 1.165) is 11.3 Å². The van der Waals surface area contributed by atoms with Crippen molar-refractivity contribution >= 4 is 23.3 Å². The third-order valence-electron chi connectivity index (χ3n) is 4.21. The molecule has 25 heavy (non-hydrogen) atoms. The molecule has 3 rings (SSSR count). The SMILES string of the molecule is Cc1cccc(N2C[C@@H](C(=O)OCC(=O)c3ccccc3)CC2=O)c1. The number of hydrogen-bond acceptors (Lipinski definition) is 4. The van der Waals surface area contributed by atoms with Gasteiger partial charge in [-0.1, -0.05) is 42.5 Å². The smallest absolute Gasteiger partial charge is 0.311 e. The number of ether oxygens (including phenoxy) is 1. The maximum atomic E-state index is 12.2. The molecule has 1 aliphatic rings. The Balaban J connectivity index is 1.58. The number of aryl methyl sites for hydroxylation is 1. The van der Waals surface area contributed by atoms with Gasteiger partial charge in [0, 0.05) is 24.2 Å². The van der Waals surface area contributed by atoms with E-state index in [4.69, 9.17) is 4.74 Å². The van der Waals surface area contributed by atoms with Crippen molar-refractivity contribution in [3.63, 3.8) is 0 Å². The topological polar surface area (TPSA) is 63.7 Å². The molecule has 0 bridgehead atoms. The minimum Gasteiger partial charge on any atom is -0.457 e. The van der Waals surface area contributed by atoms with Crippen molar-refractivity contribution in [2.24, 2.45) is 5.92 Å². The molecular formula is C20H19NO4. The van der Waals surface area contributed by atoms with E-state index >= 15 is 0 Å². The summed E-state index contributed by atoms with van der Waals surface area (Å²) < 4.78 is 5.13. The van der Waals surface area contributed by atoms with Gasteiger partial charge < -0.3 is 9.64 Å². The number of nitrogens with zero attached hydrogens (tertiary/aromatic N) is 1. The summed E-state index contributed by atoms with van der Waals surface area (Å²) >= 11 is 0. The van der Waals surface area contributed by atoms with Crippen LogP contribution in [0.1, 0.15) is 22.3 Å². The second-order valence-electron chi connectivity index (χ2n) is 6.14. The maximum absolute atomic E-state index is 12.2. The normalized spacial score (nSPS) is 16.8. The van der Waals surface area contributed by atoms with Crippen LogP contribution in [0.15, 0.2) is 54.6 Å². The van der Waals surface area contributed by atoms with Crippen molar-refractivity contribution in [2.75, 3.05) is 18.1 Å². The Morgan fingerprint density at radius 3 is 2.60 bits per heavy atom. The second kappa shape index (κ2) is 7.30. The average molecular weight is 337 g/mol. The molecule has 1 saturated heterocycles. The summed E-state index contributed by atoms with van der Waals surface area (Å²) in [6, 6.07) is 16.3. The molecule has 1 fully saturated rings. The molecule has 5 nitrogen and oxygen atoms in total. The van der Waals surface area contributed by atoms with Crippen LogP contribution in [0, 0.1) is 12.8 Å². The van der Waals surface area contributed by atoms with Crippen molar-refractivity contribution in [3.8, 4) is 0 Å². The van der Waals surface area contributed by atoms with Crippen LogP contribution in [0.5, 0.6) is 0 Å². The van der Waals surface area contributed by atoms with Crippen molar-refractivity contribution in [1.82, 2.24) is 0 Å². The van der Waals surface area contributed by atoms with Gasteiger partial charge in [-0.15, -0.1) is 0 Å². The number of ketones is 1. The first-order chi connectivity index (χ1) is 12.0. The van der Waals surface area contributed by atoms with Crippen LogP contribution in [0.2, 0.25) is 0 Å². The summed E-state index contributed by atoms with van der Waals surface area (Å²) in [6.07, 6.45) is 0.103. The van der Waals surface area contributed by atoms with E-state index in [9.17, 15) is 14.4 Å². The van der Waals surface area contributed by atoms with Crippen LogP contribution in [0.25, 0.3) is 0 Å². The van der Waals surface area contributed by atoms with Gasteiger partial charge in [-0.2, -0.15) is 0 Å². The van der Waals surface area contributed by atoms with Crippen LogP contribution in [0.3, 0.4) is 0 Å². The van der Waals surface area contributed by atoms with E-state index in [0.29, 0.717) is 5.56 Å². The average Bonchev–Trinajstić information content (AvgIpc) is 3.02. The summed E-state index contributed by atoms with van der Waals surface area (Å²) in [6.45, 7) is 1.92. The third-order valence-corrected chi connectivity index (χ3v) is 4.21. The Morgan fingerprint density at radius 1 is 1.12 bits per heavy atom. The molecule has 2 aromatic rings. The Bertz CT molecular complexity index is 800. The lowest BCUT2D eigenvalue weighted by molar-refractivity contribution is -0.147. The second-order valence-corrected chi connectivity index (χ2v) is 6.14. The number of carbonyl (C=O) groups is 3. The monoisotopic (exact) mass is 337 g/mol. The minimum absolute atomic E-state index is 0.103. The van der Waals surface area contributed by atoms with E-state index in [1.165, 1.54) is 0 Å². The zero-order chi connectivity index (χ0) is 17.8. The van der Waals surface area contributed by atoms with Gasteiger partial charge in [0.05, 0.1) is 5.92 Å². The third kappa shape index (κ3) is 3.94. The summed E-state index contributed by atoms with van der Waals surface area (Å²) in [7, 11) is 0. The van der Waals surface area contributed by atoms with E-state index in [1.54, 1.807) is 29.2 Å². The van der Waals surface area contributed by atoms with Crippen molar-refractivity contribution < 1.29 is 19.1 Å². The molecule has 0 aromatic heterocycles. The first kappa shape index (κ1) is 16.9. The maximum Gasteiger partial charge on any atom is 0.311 e. The van der Waals surface area contributed by atoms with Gasteiger partial charge in [0.1, 0.15) is 0 Å². The number of benzene rings is 2. The van der Waals surface area contributed by atoms with Gasteiger partial charge in [0.15, 0.2) is 12.4 Å². The van der Waals surface area contributed by atoms with Gasteiger partial charge in [-0.3, -0.25) is 14.4 Å². The number of Topliss-reactive ketones (excluding diaryl/α,β-unsaturated/α-hetero) is 1. The summed E-state index contributed by atoms with van der Waals surface area (Å²) in [4.78, 5) is 38.0. The summed E-state index contributed by atoms with van der Waals surface area (Å²) in [5.41, 5.74) is 2.32. The first-order valence-electron chi connectivity index (χ1n) is 8.16. The number of esters is 1. The highest BCUT2D eigenvalue weighted by atomic mass is 16.5. The molecular weight excluding hydrogens is 318 g/mol. The minimum atomic E-state index is -0.545. The van der Waals surface area contributed by atoms with Gasteiger partial charge in [0.2, 0.25) is 5.91 Å². The largest absolute Gasteiger partial charge is 0.457 e. The molecule has 0 saturated carbocycles. The number of rotatable bonds is 5. The molecule has 1 amide bonds. The van der Waals surface area contributed by atoms with Gasteiger partial charge >= 0.3 is 5.97 Å². The molecule has 128 valence electrons. The van der Waals surface area contributed by atoms with Crippen LogP contribution in [-0.4, -0.2) is 30.8 Å². The molecule has 0 unspecified atom stereocenters. The van der Waals surface area contributed by atoms with Crippen LogP contribution in [-0.2, 0) is 14.3 Å². The standard InChI is InChI=1S/C20H19NO4/c1-14-6-5-9-17(10-14)21-12-16(11-19(21)23)20(24)25-13-18(22)15-7-3-2-4-8-15/h2-10,16H,11-13H2,1H3/t16-/m0/s1. The number of hydrogen-bond donors (Lipinski definition) is 0. The van der Waals surface area contributed by atoms with E-state index in [1.807, 2.05) is 37.3 Å². The van der Waals surface area contributed by atoms with Crippen LogP contribution in [0.4, 0.5) is 5.69 Å². The fourth-order valence-corrected chi connectivity index (χ4v) is 2.87. The highest BCUT2D eigenvalue weighted by Gasteiger charge is 2.36.